The van der Waals surface area contributed by atoms with Crippen LogP contribution in [0.1, 0.15) is 58.6 Å². The van der Waals surface area contributed by atoms with Crippen LogP contribution in [0.3, 0.4) is 0 Å². The summed E-state index contributed by atoms with van der Waals surface area (Å²) in [5, 5.41) is 0. The molecular formula is C16H25O2+. The Morgan fingerprint density at radius 2 is 1.39 bits per heavy atom. The summed E-state index contributed by atoms with van der Waals surface area (Å²) < 4.78 is 11.0. The molecule has 100 valence electrons. The standard InChI is InChI=1S/C16H25O2/c1-15(2,3)13-10-12(8-9-17-7)11-14(18-13)16(4,5)6/h8-11H,1-7H3/q+1. The van der Waals surface area contributed by atoms with Gasteiger partial charge in [-0.15, -0.1) is 0 Å². The molecule has 0 unspecified atom stereocenters. The number of hydrogen-bond acceptors (Lipinski definition) is 1. The molecule has 0 fully saturated rings. The van der Waals surface area contributed by atoms with Crippen LogP contribution in [0.4, 0.5) is 0 Å². The lowest BCUT2D eigenvalue weighted by Gasteiger charge is -2.14. The minimum absolute atomic E-state index is 0.00305. The van der Waals surface area contributed by atoms with Crippen molar-refractivity contribution in [2.24, 2.45) is 0 Å². The maximum atomic E-state index is 6.05. The topological polar surface area (TPSA) is 20.5 Å². The fourth-order valence-corrected chi connectivity index (χ4v) is 1.50. The van der Waals surface area contributed by atoms with E-state index >= 15 is 0 Å². The third-order valence-electron chi connectivity index (χ3n) is 2.69. The largest absolute Gasteiger partial charge is 0.504 e. The molecule has 0 aliphatic heterocycles. The minimum atomic E-state index is -0.00305. The van der Waals surface area contributed by atoms with Gasteiger partial charge in [-0.3, -0.25) is 0 Å². The van der Waals surface area contributed by atoms with Crippen LogP contribution in [-0.2, 0) is 15.6 Å². The highest BCUT2D eigenvalue weighted by Gasteiger charge is 2.33. The van der Waals surface area contributed by atoms with E-state index in [2.05, 4.69) is 53.7 Å². The molecule has 0 aromatic carbocycles. The summed E-state index contributed by atoms with van der Waals surface area (Å²) in [6.45, 7) is 12.9. The van der Waals surface area contributed by atoms with Gasteiger partial charge in [0.25, 0.3) is 0 Å². The van der Waals surface area contributed by atoms with Crippen LogP contribution in [0, 0.1) is 0 Å². The van der Waals surface area contributed by atoms with Crippen molar-refractivity contribution in [1.29, 1.82) is 0 Å². The summed E-state index contributed by atoms with van der Waals surface area (Å²) >= 11 is 0. The van der Waals surface area contributed by atoms with Crippen LogP contribution in [0.5, 0.6) is 0 Å². The van der Waals surface area contributed by atoms with Crippen LogP contribution in [0.25, 0.3) is 6.08 Å². The van der Waals surface area contributed by atoms with Crippen molar-refractivity contribution >= 4 is 6.08 Å². The predicted octanol–water partition coefficient (Wildman–Crippen LogP) is 4.77. The zero-order chi connectivity index (χ0) is 14.0. The number of ether oxygens (including phenoxy) is 1. The van der Waals surface area contributed by atoms with Gasteiger partial charge in [-0.2, -0.15) is 0 Å². The second-order valence-electron chi connectivity index (χ2n) is 6.66. The van der Waals surface area contributed by atoms with Crippen molar-refractivity contribution in [2.45, 2.75) is 52.4 Å². The molecule has 0 atom stereocenters. The van der Waals surface area contributed by atoms with Gasteiger partial charge in [0, 0.05) is 12.1 Å². The first-order valence-electron chi connectivity index (χ1n) is 6.33. The molecule has 0 aliphatic carbocycles. The molecule has 0 N–H and O–H groups in total. The van der Waals surface area contributed by atoms with Gasteiger partial charge >= 0.3 is 11.5 Å². The molecule has 0 saturated heterocycles. The van der Waals surface area contributed by atoms with Crippen LogP contribution < -0.4 is 0 Å². The van der Waals surface area contributed by atoms with E-state index in [-0.39, 0.29) is 10.8 Å². The van der Waals surface area contributed by atoms with Crippen molar-refractivity contribution in [3.05, 3.63) is 35.5 Å². The summed E-state index contributed by atoms with van der Waals surface area (Å²) in [6.07, 6.45) is 3.65. The van der Waals surface area contributed by atoms with Gasteiger partial charge in [0.2, 0.25) is 0 Å². The van der Waals surface area contributed by atoms with E-state index in [1.165, 1.54) is 0 Å². The first kappa shape index (κ1) is 14.7. The quantitative estimate of drug-likeness (QED) is 0.555. The first-order chi connectivity index (χ1) is 8.14. The van der Waals surface area contributed by atoms with Crippen molar-refractivity contribution in [3.8, 4) is 0 Å². The molecule has 18 heavy (non-hydrogen) atoms. The smallest absolute Gasteiger partial charge is 0.335 e. The molecule has 0 aliphatic rings. The van der Waals surface area contributed by atoms with Gasteiger partial charge in [0.1, 0.15) is 0 Å². The predicted molar refractivity (Wildman–Crippen MR) is 76.6 cm³/mol. The number of rotatable bonds is 2. The first-order valence-corrected chi connectivity index (χ1v) is 6.33. The van der Waals surface area contributed by atoms with Gasteiger partial charge in [-0.25, -0.2) is 4.42 Å². The van der Waals surface area contributed by atoms with E-state index in [4.69, 9.17) is 9.15 Å². The molecule has 2 nitrogen and oxygen atoms in total. The van der Waals surface area contributed by atoms with Crippen LogP contribution in [0.2, 0.25) is 0 Å². The Labute approximate surface area is 111 Å². The molecule has 1 rings (SSSR count). The highest BCUT2D eigenvalue weighted by molar-refractivity contribution is 5.49. The SMILES string of the molecule is COC=Cc1cc(C(C)(C)C)[o+]c(C(C)(C)C)c1. The molecule has 0 bridgehead atoms. The van der Waals surface area contributed by atoms with Crippen molar-refractivity contribution in [3.63, 3.8) is 0 Å². The third kappa shape index (κ3) is 3.86. The zero-order valence-corrected chi connectivity index (χ0v) is 12.6. The van der Waals surface area contributed by atoms with E-state index in [0.29, 0.717) is 0 Å². The van der Waals surface area contributed by atoms with E-state index < -0.39 is 0 Å². The monoisotopic (exact) mass is 249 g/mol. The Bertz CT molecular complexity index is 399. The van der Waals surface area contributed by atoms with E-state index in [9.17, 15) is 0 Å². The Morgan fingerprint density at radius 1 is 0.944 bits per heavy atom. The fourth-order valence-electron chi connectivity index (χ4n) is 1.50. The van der Waals surface area contributed by atoms with Gasteiger partial charge in [-0.05, 0) is 53.2 Å². The molecule has 0 amide bonds. The van der Waals surface area contributed by atoms with E-state index in [1.807, 2.05) is 6.08 Å². The van der Waals surface area contributed by atoms with Gasteiger partial charge in [0.05, 0.1) is 24.2 Å². The number of hydrogen-bond donors (Lipinski definition) is 0. The van der Waals surface area contributed by atoms with Crippen molar-refractivity contribution in [2.75, 3.05) is 7.11 Å². The van der Waals surface area contributed by atoms with Crippen molar-refractivity contribution < 1.29 is 9.15 Å². The molecule has 0 radical (unpaired) electrons. The van der Waals surface area contributed by atoms with Gasteiger partial charge in [-0.1, -0.05) is 0 Å². The summed E-state index contributed by atoms with van der Waals surface area (Å²) in [6, 6.07) is 4.15. The van der Waals surface area contributed by atoms with Crippen LogP contribution >= 0.6 is 0 Å². The van der Waals surface area contributed by atoms with Crippen LogP contribution in [0.15, 0.2) is 22.8 Å². The molecule has 2 heteroatoms. The highest BCUT2D eigenvalue weighted by Crippen LogP contribution is 2.30. The summed E-state index contributed by atoms with van der Waals surface area (Å²) in [5.74, 6) is 1.98. The zero-order valence-electron chi connectivity index (χ0n) is 12.6. The van der Waals surface area contributed by atoms with E-state index in [0.717, 1.165) is 17.1 Å². The maximum Gasteiger partial charge on any atom is 0.335 e. The molecular weight excluding hydrogens is 224 g/mol. The maximum absolute atomic E-state index is 6.05. The summed E-state index contributed by atoms with van der Waals surface area (Å²) in [7, 11) is 1.65. The summed E-state index contributed by atoms with van der Waals surface area (Å²) in [5.41, 5.74) is 1.10. The van der Waals surface area contributed by atoms with Crippen LogP contribution in [-0.4, -0.2) is 7.11 Å². The highest BCUT2D eigenvalue weighted by atomic mass is 16.5. The molecule has 1 aromatic heterocycles. The molecule has 1 heterocycles. The molecule has 0 saturated carbocycles. The van der Waals surface area contributed by atoms with Gasteiger partial charge < -0.3 is 4.74 Å². The van der Waals surface area contributed by atoms with Crippen molar-refractivity contribution in [1.82, 2.24) is 0 Å². The van der Waals surface area contributed by atoms with Gasteiger partial charge in [0.15, 0.2) is 0 Å². The Kier molecular flexibility index (Phi) is 4.20. The second-order valence-corrected chi connectivity index (χ2v) is 6.66. The van der Waals surface area contributed by atoms with E-state index in [1.54, 1.807) is 13.4 Å². The minimum Gasteiger partial charge on any atom is -0.504 e. The summed E-state index contributed by atoms with van der Waals surface area (Å²) in [4.78, 5) is 0. The Morgan fingerprint density at radius 3 is 1.72 bits per heavy atom. The molecule has 0 spiro atoms. The lowest BCUT2D eigenvalue weighted by molar-refractivity contribution is 0.328. The average molecular weight is 249 g/mol. The number of methoxy groups -OCH3 is 1. The second kappa shape index (κ2) is 5.13. The normalized spacial score (nSPS) is 13.1. The lowest BCUT2D eigenvalue weighted by Crippen LogP contribution is -2.16. The Hall–Kier alpha value is -1.31. The third-order valence-corrected chi connectivity index (χ3v) is 2.69. The lowest BCUT2D eigenvalue weighted by atomic mass is 9.88. The molecule has 1 aromatic rings. The average Bonchev–Trinajstić information content (AvgIpc) is 2.23. The fraction of sp³-hybridized carbons (Fsp3) is 0.562. The Balaban J connectivity index is 3.34.